The van der Waals surface area contributed by atoms with Crippen LogP contribution < -0.4 is 0 Å². The zero-order valence-electron chi connectivity index (χ0n) is 14.0. The highest BCUT2D eigenvalue weighted by atomic mass is 16.5. The van der Waals surface area contributed by atoms with E-state index in [-0.39, 0.29) is 23.5 Å². The number of aromatic nitrogens is 1. The van der Waals surface area contributed by atoms with Crippen molar-refractivity contribution in [3.05, 3.63) is 36.0 Å². The number of amides is 1. The van der Waals surface area contributed by atoms with Crippen molar-refractivity contribution in [3.63, 3.8) is 0 Å². The highest BCUT2D eigenvalue weighted by Gasteiger charge is 2.56. The SMILES string of the molecule is CCO[C@H]1C[C@@H](O)C12CCN(C(=O)c1cccc3[nH]ccc13)CC2. The Balaban J connectivity index is 1.50. The lowest BCUT2D eigenvalue weighted by atomic mass is 9.58. The summed E-state index contributed by atoms with van der Waals surface area (Å²) in [5.41, 5.74) is 1.59. The number of aromatic amines is 1. The lowest BCUT2D eigenvalue weighted by Gasteiger charge is -2.56. The summed E-state index contributed by atoms with van der Waals surface area (Å²) >= 11 is 0. The molecule has 1 aromatic carbocycles. The highest BCUT2D eigenvalue weighted by Crippen LogP contribution is 2.51. The molecule has 2 heterocycles. The lowest BCUT2D eigenvalue weighted by molar-refractivity contribution is -0.207. The van der Waals surface area contributed by atoms with Crippen LogP contribution in [0.4, 0.5) is 0 Å². The minimum absolute atomic E-state index is 0.0804. The van der Waals surface area contributed by atoms with E-state index < -0.39 is 0 Å². The van der Waals surface area contributed by atoms with Crippen molar-refractivity contribution >= 4 is 16.8 Å². The lowest BCUT2D eigenvalue weighted by Crippen LogP contribution is -2.62. The Hall–Kier alpha value is -1.85. The number of rotatable bonds is 3. The zero-order valence-corrected chi connectivity index (χ0v) is 14.0. The van der Waals surface area contributed by atoms with Gasteiger partial charge in [0.05, 0.1) is 12.2 Å². The van der Waals surface area contributed by atoms with Gasteiger partial charge in [-0.1, -0.05) is 6.07 Å². The quantitative estimate of drug-likeness (QED) is 0.910. The van der Waals surface area contributed by atoms with Crippen molar-refractivity contribution in [3.8, 4) is 0 Å². The van der Waals surface area contributed by atoms with E-state index in [0.717, 1.165) is 35.7 Å². The summed E-state index contributed by atoms with van der Waals surface area (Å²) in [6, 6.07) is 7.74. The second-order valence-corrected chi connectivity index (χ2v) is 6.97. The van der Waals surface area contributed by atoms with Crippen LogP contribution >= 0.6 is 0 Å². The standard InChI is InChI=1S/C19H24N2O3/c1-2-24-17-12-16(22)19(17)7-10-21(11-8-19)18(23)14-4-3-5-15-13(14)6-9-20-15/h3-6,9,16-17,20,22H,2,7-8,10-12H2,1H3/t16-,17+/m1/s1. The largest absolute Gasteiger partial charge is 0.392 e. The summed E-state index contributed by atoms with van der Waals surface area (Å²) in [5, 5.41) is 11.3. The minimum atomic E-state index is -0.292. The smallest absolute Gasteiger partial charge is 0.254 e. The van der Waals surface area contributed by atoms with Gasteiger partial charge in [0, 0.05) is 54.2 Å². The number of nitrogens with zero attached hydrogens (tertiary/aromatic N) is 1. The Bertz CT molecular complexity index is 744. The number of hydrogen-bond donors (Lipinski definition) is 2. The normalized spacial score (nSPS) is 25.8. The van der Waals surface area contributed by atoms with Crippen LogP contribution in [0.1, 0.15) is 36.5 Å². The molecule has 0 bridgehead atoms. The van der Waals surface area contributed by atoms with E-state index in [0.29, 0.717) is 19.7 Å². The Morgan fingerprint density at radius 2 is 2.17 bits per heavy atom. The molecule has 2 fully saturated rings. The molecule has 5 heteroatoms. The van der Waals surface area contributed by atoms with Gasteiger partial charge in [0.15, 0.2) is 0 Å². The monoisotopic (exact) mass is 328 g/mol. The maximum absolute atomic E-state index is 12.9. The number of benzene rings is 1. The predicted octanol–water partition coefficient (Wildman–Crippen LogP) is 2.56. The van der Waals surface area contributed by atoms with Crippen LogP contribution in [0.5, 0.6) is 0 Å². The number of aliphatic hydroxyl groups is 1. The van der Waals surface area contributed by atoms with Crippen LogP contribution in [0.15, 0.2) is 30.5 Å². The first-order valence-corrected chi connectivity index (χ1v) is 8.81. The molecule has 24 heavy (non-hydrogen) atoms. The molecule has 5 nitrogen and oxygen atoms in total. The molecule has 128 valence electrons. The average Bonchev–Trinajstić information content (AvgIpc) is 3.10. The van der Waals surface area contributed by atoms with Gasteiger partial charge in [-0.15, -0.1) is 0 Å². The van der Waals surface area contributed by atoms with Crippen LogP contribution in [0.25, 0.3) is 10.9 Å². The Labute approximate surface area is 141 Å². The summed E-state index contributed by atoms with van der Waals surface area (Å²) in [5.74, 6) is 0.0804. The fraction of sp³-hybridized carbons (Fsp3) is 0.526. The molecule has 1 amide bonds. The number of carbonyl (C=O) groups is 1. The van der Waals surface area contributed by atoms with E-state index in [2.05, 4.69) is 4.98 Å². The summed E-state index contributed by atoms with van der Waals surface area (Å²) < 4.78 is 5.80. The van der Waals surface area contributed by atoms with E-state index in [1.54, 1.807) is 0 Å². The van der Waals surface area contributed by atoms with Gasteiger partial charge >= 0.3 is 0 Å². The van der Waals surface area contributed by atoms with Gasteiger partial charge in [-0.3, -0.25) is 4.79 Å². The first-order valence-electron chi connectivity index (χ1n) is 8.81. The van der Waals surface area contributed by atoms with Crippen LogP contribution in [-0.4, -0.2) is 52.8 Å². The number of ether oxygens (including phenoxy) is 1. The first-order chi connectivity index (χ1) is 11.7. The molecule has 0 radical (unpaired) electrons. The van der Waals surface area contributed by atoms with E-state index in [4.69, 9.17) is 4.74 Å². The van der Waals surface area contributed by atoms with Gasteiger partial charge in [0.1, 0.15) is 0 Å². The second kappa shape index (κ2) is 5.90. The van der Waals surface area contributed by atoms with Crippen molar-refractivity contribution in [1.82, 2.24) is 9.88 Å². The molecule has 4 rings (SSSR count). The number of likely N-dealkylation sites (tertiary alicyclic amines) is 1. The van der Waals surface area contributed by atoms with Gasteiger partial charge < -0.3 is 19.7 Å². The fourth-order valence-corrected chi connectivity index (χ4v) is 4.39. The van der Waals surface area contributed by atoms with Crippen molar-refractivity contribution in [2.75, 3.05) is 19.7 Å². The van der Waals surface area contributed by atoms with E-state index in [1.807, 2.05) is 42.3 Å². The summed E-state index contributed by atoms with van der Waals surface area (Å²) in [7, 11) is 0. The van der Waals surface area contributed by atoms with E-state index >= 15 is 0 Å². The Morgan fingerprint density at radius 1 is 1.38 bits per heavy atom. The van der Waals surface area contributed by atoms with Gasteiger partial charge in [0.2, 0.25) is 0 Å². The average molecular weight is 328 g/mol. The van der Waals surface area contributed by atoms with Gasteiger partial charge in [-0.2, -0.15) is 0 Å². The van der Waals surface area contributed by atoms with Crippen LogP contribution in [0.2, 0.25) is 0 Å². The molecule has 0 unspecified atom stereocenters. The molecule has 1 saturated heterocycles. The zero-order chi connectivity index (χ0) is 16.7. The van der Waals surface area contributed by atoms with Crippen molar-refractivity contribution in [2.45, 2.75) is 38.4 Å². The second-order valence-electron chi connectivity index (χ2n) is 6.97. The molecule has 1 aliphatic heterocycles. The van der Waals surface area contributed by atoms with Crippen molar-refractivity contribution < 1.29 is 14.6 Å². The Kier molecular flexibility index (Phi) is 3.85. The molecular formula is C19H24N2O3. The maximum Gasteiger partial charge on any atom is 0.254 e. The molecule has 1 spiro atoms. The van der Waals surface area contributed by atoms with Gasteiger partial charge in [0.25, 0.3) is 5.91 Å². The van der Waals surface area contributed by atoms with Gasteiger partial charge in [-0.25, -0.2) is 0 Å². The molecule has 1 aromatic heterocycles. The van der Waals surface area contributed by atoms with E-state index in [9.17, 15) is 9.90 Å². The molecule has 2 N–H and O–H groups in total. The maximum atomic E-state index is 12.9. The fourth-order valence-electron chi connectivity index (χ4n) is 4.39. The topological polar surface area (TPSA) is 65.6 Å². The number of carbonyl (C=O) groups excluding carboxylic acids is 1. The summed E-state index contributed by atoms with van der Waals surface area (Å²) in [6.07, 6.45) is 4.07. The third kappa shape index (κ3) is 2.26. The third-order valence-corrected chi connectivity index (χ3v) is 5.92. The van der Waals surface area contributed by atoms with Gasteiger partial charge in [-0.05, 0) is 38.0 Å². The number of piperidine rings is 1. The first kappa shape index (κ1) is 15.7. The minimum Gasteiger partial charge on any atom is -0.392 e. The molecule has 1 saturated carbocycles. The number of hydrogen-bond acceptors (Lipinski definition) is 3. The highest BCUT2D eigenvalue weighted by molar-refractivity contribution is 6.06. The van der Waals surface area contributed by atoms with Crippen molar-refractivity contribution in [2.24, 2.45) is 5.41 Å². The third-order valence-electron chi connectivity index (χ3n) is 5.92. The molecular weight excluding hydrogens is 304 g/mol. The Morgan fingerprint density at radius 3 is 2.88 bits per heavy atom. The van der Waals surface area contributed by atoms with Crippen molar-refractivity contribution in [1.29, 1.82) is 0 Å². The molecule has 1 aliphatic carbocycles. The molecule has 2 aliphatic rings. The number of H-pyrrole nitrogens is 1. The summed E-state index contributed by atoms with van der Waals surface area (Å²) in [4.78, 5) is 18.0. The van der Waals surface area contributed by atoms with Crippen LogP contribution in [0, 0.1) is 5.41 Å². The number of fused-ring (bicyclic) bond motifs is 1. The molecule has 2 atom stereocenters. The number of aliphatic hydroxyl groups excluding tert-OH is 1. The molecule has 2 aromatic rings. The van der Waals surface area contributed by atoms with E-state index in [1.165, 1.54) is 0 Å². The summed E-state index contributed by atoms with van der Waals surface area (Å²) in [6.45, 7) is 4.03. The number of nitrogens with one attached hydrogen (secondary N) is 1. The van der Waals surface area contributed by atoms with Crippen LogP contribution in [-0.2, 0) is 4.74 Å². The van der Waals surface area contributed by atoms with Crippen LogP contribution in [0.3, 0.4) is 0 Å². The predicted molar refractivity (Wildman–Crippen MR) is 91.9 cm³/mol.